The van der Waals surface area contributed by atoms with E-state index in [2.05, 4.69) is 19.9 Å². The summed E-state index contributed by atoms with van der Waals surface area (Å²) >= 11 is 0. The summed E-state index contributed by atoms with van der Waals surface area (Å²) in [4.78, 5) is 0. The fraction of sp³-hybridized carbons (Fsp3) is 0.667. The Morgan fingerprint density at radius 1 is 1.82 bits per heavy atom. The molecule has 1 aliphatic rings. The van der Waals surface area contributed by atoms with Gasteiger partial charge in [-0.15, -0.1) is 0 Å². The maximum Gasteiger partial charge on any atom is 0.0972 e. The molecule has 0 heterocycles. The first-order valence-electron chi connectivity index (χ1n) is 4.11. The third kappa shape index (κ3) is 1.44. The molecule has 0 saturated heterocycles. The predicted octanol–water partition coefficient (Wildman–Crippen LogP) is 2.06. The minimum Gasteiger partial charge on any atom is -0.387 e. The van der Waals surface area contributed by atoms with Crippen molar-refractivity contribution in [2.24, 2.45) is 11.1 Å². The third-order valence-electron chi connectivity index (χ3n) is 2.56. The van der Waals surface area contributed by atoms with Gasteiger partial charge >= 0.3 is 0 Å². The highest BCUT2D eigenvalue weighted by Crippen LogP contribution is 2.37. The Balaban J connectivity index is 2.64. The van der Waals surface area contributed by atoms with Crippen molar-refractivity contribution in [3.63, 3.8) is 0 Å². The van der Waals surface area contributed by atoms with Gasteiger partial charge in [0.1, 0.15) is 0 Å². The highest BCUT2D eigenvalue weighted by molar-refractivity contribution is 5.84. The maximum atomic E-state index is 7.40. The van der Waals surface area contributed by atoms with Crippen LogP contribution in [0.3, 0.4) is 0 Å². The summed E-state index contributed by atoms with van der Waals surface area (Å²) in [5.74, 6) is 0.331. The largest absolute Gasteiger partial charge is 0.387 e. The second-order valence-electron chi connectivity index (χ2n) is 3.57. The summed E-state index contributed by atoms with van der Waals surface area (Å²) in [5, 5.41) is 7.40. The van der Waals surface area contributed by atoms with E-state index in [4.69, 9.17) is 11.1 Å². The van der Waals surface area contributed by atoms with Crippen LogP contribution in [0.1, 0.15) is 33.1 Å². The van der Waals surface area contributed by atoms with Crippen LogP contribution in [-0.4, -0.2) is 5.84 Å². The Bertz CT molecular complexity index is 206. The molecule has 0 radical (unpaired) electrons. The van der Waals surface area contributed by atoms with E-state index in [0.29, 0.717) is 5.84 Å². The molecule has 2 nitrogen and oxygen atoms in total. The van der Waals surface area contributed by atoms with Gasteiger partial charge < -0.3 is 5.73 Å². The van der Waals surface area contributed by atoms with Crippen LogP contribution in [0, 0.1) is 10.8 Å². The lowest BCUT2D eigenvalue weighted by molar-refractivity contribution is 0.490. The van der Waals surface area contributed by atoms with Gasteiger partial charge in [-0.3, -0.25) is 5.41 Å². The number of amidine groups is 1. The van der Waals surface area contributed by atoms with E-state index in [1.165, 1.54) is 5.57 Å². The summed E-state index contributed by atoms with van der Waals surface area (Å²) in [7, 11) is 0. The molecule has 1 aliphatic carbocycles. The molecule has 11 heavy (non-hydrogen) atoms. The maximum absolute atomic E-state index is 7.40. The van der Waals surface area contributed by atoms with Crippen molar-refractivity contribution >= 4 is 5.84 Å². The van der Waals surface area contributed by atoms with Crippen molar-refractivity contribution in [2.75, 3.05) is 0 Å². The number of nitrogens with one attached hydrogen (secondary N) is 1. The van der Waals surface area contributed by atoms with Gasteiger partial charge in [0.2, 0.25) is 0 Å². The number of hydrogen-bond donors (Lipinski definition) is 2. The number of rotatable bonds is 2. The van der Waals surface area contributed by atoms with Crippen molar-refractivity contribution in [1.29, 1.82) is 5.41 Å². The van der Waals surface area contributed by atoms with Gasteiger partial charge in [-0.25, -0.2) is 0 Å². The van der Waals surface area contributed by atoms with Gasteiger partial charge in [-0.1, -0.05) is 25.5 Å². The second-order valence-corrected chi connectivity index (χ2v) is 3.57. The zero-order valence-electron chi connectivity index (χ0n) is 7.28. The quantitative estimate of drug-likeness (QED) is 0.355. The molecule has 0 saturated carbocycles. The molecule has 1 atom stereocenters. The van der Waals surface area contributed by atoms with Gasteiger partial charge in [-0.2, -0.15) is 0 Å². The van der Waals surface area contributed by atoms with Gasteiger partial charge in [0, 0.05) is 5.41 Å². The molecule has 0 spiro atoms. The molecular formula is C9H16N2. The van der Waals surface area contributed by atoms with Crippen LogP contribution in [-0.2, 0) is 0 Å². The van der Waals surface area contributed by atoms with Crippen LogP contribution in [0.25, 0.3) is 0 Å². The van der Waals surface area contributed by atoms with Crippen molar-refractivity contribution < 1.29 is 0 Å². The third-order valence-corrected chi connectivity index (χ3v) is 2.56. The first-order valence-corrected chi connectivity index (χ1v) is 4.11. The van der Waals surface area contributed by atoms with Crippen LogP contribution in [0.4, 0.5) is 0 Å². The lowest BCUT2D eigenvalue weighted by atomic mass is 9.85. The molecule has 0 aromatic heterocycles. The van der Waals surface area contributed by atoms with Crippen molar-refractivity contribution in [3.05, 3.63) is 11.6 Å². The minimum absolute atomic E-state index is 0.0641. The van der Waals surface area contributed by atoms with Gasteiger partial charge in [-0.05, 0) is 19.3 Å². The number of hydrogen-bond acceptors (Lipinski definition) is 1. The average molecular weight is 152 g/mol. The van der Waals surface area contributed by atoms with Crippen LogP contribution < -0.4 is 5.73 Å². The average Bonchev–Trinajstić information content (AvgIpc) is 2.33. The summed E-state index contributed by atoms with van der Waals surface area (Å²) < 4.78 is 0. The Morgan fingerprint density at radius 2 is 2.45 bits per heavy atom. The molecule has 1 rings (SSSR count). The van der Waals surface area contributed by atoms with E-state index in [1.54, 1.807) is 0 Å². The van der Waals surface area contributed by atoms with Crippen LogP contribution in [0.15, 0.2) is 11.6 Å². The lowest BCUT2D eigenvalue weighted by Crippen LogP contribution is -2.31. The Labute approximate surface area is 68.0 Å². The van der Waals surface area contributed by atoms with E-state index >= 15 is 0 Å². The van der Waals surface area contributed by atoms with E-state index in [9.17, 15) is 0 Å². The van der Waals surface area contributed by atoms with Crippen molar-refractivity contribution in [2.45, 2.75) is 33.1 Å². The molecule has 62 valence electrons. The zero-order valence-corrected chi connectivity index (χ0v) is 7.28. The zero-order chi connectivity index (χ0) is 8.48. The predicted molar refractivity (Wildman–Crippen MR) is 47.6 cm³/mol. The summed E-state index contributed by atoms with van der Waals surface area (Å²) in [5.41, 5.74) is 6.88. The fourth-order valence-corrected chi connectivity index (χ4v) is 1.49. The Morgan fingerprint density at radius 3 is 2.73 bits per heavy atom. The standard InChI is InChI=1S/C9H16N2/c1-3-7-4-5-9(2,6-7)8(10)11/h4H,3,5-6H2,1-2H3,(H3,10,11). The Kier molecular flexibility index (Phi) is 2.03. The summed E-state index contributed by atoms with van der Waals surface area (Å²) in [6.07, 6.45) is 5.26. The first kappa shape index (κ1) is 8.31. The molecule has 0 aliphatic heterocycles. The molecular weight excluding hydrogens is 136 g/mol. The van der Waals surface area contributed by atoms with E-state index < -0.39 is 0 Å². The molecule has 0 aromatic carbocycles. The van der Waals surface area contributed by atoms with E-state index in [1.807, 2.05) is 0 Å². The highest BCUT2D eigenvalue weighted by Gasteiger charge is 2.31. The molecule has 0 aromatic rings. The molecule has 0 fully saturated rings. The topological polar surface area (TPSA) is 49.9 Å². The second kappa shape index (κ2) is 2.68. The van der Waals surface area contributed by atoms with E-state index in [-0.39, 0.29) is 5.41 Å². The van der Waals surface area contributed by atoms with Crippen molar-refractivity contribution in [3.8, 4) is 0 Å². The summed E-state index contributed by atoms with van der Waals surface area (Å²) in [6, 6.07) is 0. The molecule has 1 unspecified atom stereocenters. The van der Waals surface area contributed by atoms with Crippen LogP contribution in [0.2, 0.25) is 0 Å². The highest BCUT2D eigenvalue weighted by atomic mass is 14.7. The number of allylic oxidation sites excluding steroid dienone is 2. The molecule has 2 heteroatoms. The molecule has 0 amide bonds. The first-order chi connectivity index (χ1) is 5.08. The lowest BCUT2D eigenvalue weighted by Gasteiger charge is -2.21. The van der Waals surface area contributed by atoms with Gasteiger partial charge in [0.05, 0.1) is 5.84 Å². The SMILES string of the molecule is CCC1=CCC(C)(C(=N)N)C1. The van der Waals surface area contributed by atoms with Crippen LogP contribution >= 0.6 is 0 Å². The van der Waals surface area contributed by atoms with Crippen LogP contribution in [0.5, 0.6) is 0 Å². The molecule has 0 bridgehead atoms. The fourth-order valence-electron chi connectivity index (χ4n) is 1.49. The normalized spacial score (nSPS) is 30.2. The number of nitrogens with two attached hydrogens (primary N) is 1. The van der Waals surface area contributed by atoms with Crippen molar-refractivity contribution in [1.82, 2.24) is 0 Å². The molecule has 3 N–H and O–H groups in total. The monoisotopic (exact) mass is 152 g/mol. The van der Waals surface area contributed by atoms with Gasteiger partial charge in [0.15, 0.2) is 0 Å². The van der Waals surface area contributed by atoms with Gasteiger partial charge in [0.25, 0.3) is 0 Å². The van der Waals surface area contributed by atoms with E-state index in [0.717, 1.165) is 19.3 Å². The summed E-state index contributed by atoms with van der Waals surface area (Å²) in [6.45, 7) is 4.21. The smallest absolute Gasteiger partial charge is 0.0972 e. The Hall–Kier alpha value is -0.790. The minimum atomic E-state index is -0.0641.